The highest BCUT2D eigenvalue weighted by Gasteiger charge is 2.18. The Bertz CT molecular complexity index is 2270. The first kappa shape index (κ1) is 24.5. The number of hydrogen-bond donors (Lipinski definition) is 0. The summed E-state index contributed by atoms with van der Waals surface area (Å²) in [5.74, 6) is 1.72. The van der Waals surface area contributed by atoms with Gasteiger partial charge in [0, 0.05) is 32.5 Å². The Labute approximate surface area is 246 Å². The second kappa shape index (κ2) is 9.95. The summed E-state index contributed by atoms with van der Waals surface area (Å²) in [6.07, 6.45) is 0. The molecule has 5 heteroatoms. The van der Waals surface area contributed by atoms with Crippen molar-refractivity contribution in [3.8, 4) is 45.3 Å². The average Bonchev–Trinajstić information content (AvgIpc) is 3.43. The van der Waals surface area contributed by atoms with Gasteiger partial charge < -0.3 is 4.42 Å². The molecule has 6 aromatic carbocycles. The van der Waals surface area contributed by atoms with Crippen LogP contribution in [0.15, 0.2) is 138 Å². The fourth-order valence-corrected chi connectivity index (χ4v) is 5.73. The highest BCUT2D eigenvalue weighted by Crippen LogP contribution is 2.37. The second-order valence-corrected chi connectivity index (χ2v) is 10.7. The van der Waals surface area contributed by atoms with E-state index in [9.17, 15) is 0 Å². The van der Waals surface area contributed by atoms with Crippen molar-refractivity contribution in [2.24, 2.45) is 0 Å². The van der Waals surface area contributed by atoms with Crippen LogP contribution in [0.1, 0.15) is 0 Å². The number of benzene rings is 6. The van der Waals surface area contributed by atoms with Crippen molar-refractivity contribution in [3.05, 3.63) is 138 Å². The summed E-state index contributed by atoms with van der Waals surface area (Å²) in [4.78, 5) is 15.0. The lowest BCUT2D eigenvalue weighted by molar-refractivity contribution is 0.669. The Kier molecular flexibility index (Phi) is 5.80. The molecule has 42 heavy (non-hydrogen) atoms. The molecular weight excluding hydrogens is 538 g/mol. The molecule has 0 aliphatic carbocycles. The van der Waals surface area contributed by atoms with Crippen LogP contribution in [0.3, 0.4) is 0 Å². The van der Waals surface area contributed by atoms with E-state index in [1.165, 1.54) is 5.56 Å². The van der Waals surface area contributed by atoms with Crippen molar-refractivity contribution in [3.63, 3.8) is 0 Å². The summed E-state index contributed by atoms with van der Waals surface area (Å²) < 4.78 is 6.17. The molecule has 0 spiro atoms. The first-order valence-electron chi connectivity index (χ1n) is 13.7. The van der Waals surface area contributed by atoms with Crippen LogP contribution in [-0.4, -0.2) is 15.0 Å². The number of halogens is 1. The van der Waals surface area contributed by atoms with Gasteiger partial charge in [-0.1, -0.05) is 109 Å². The normalized spacial score (nSPS) is 11.5. The molecule has 0 fully saturated rings. The summed E-state index contributed by atoms with van der Waals surface area (Å²) in [7, 11) is 0. The van der Waals surface area contributed by atoms with E-state index in [0.29, 0.717) is 22.5 Å². The van der Waals surface area contributed by atoms with Gasteiger partial charge in [-0.05, 0) is 58.3 Å². The van der Waals surface area contributed by atoms with E-state index in [0.717, 1.165) is 55.0 Å². The van der Waals surface area contributed by atoms with Crippen molar-refractivity contribution in [1.29, 1.82) is 0 Å². The minimum absolute atomic E-state index is 0.556. The molecule has 2 heterocycles. The third-order valence-corrected chi connectivity index (χ3v) is 7.80. The van der Waals surface area contributed by atoms with Gasteiger partial charge in [-0.3, -0.25) is 0 Å². The molecule has 8 aromatic rings. The van der Waals surface area contributed by atoms with E-state index in [2.05, 4.69) is 66.7 Å². The smallest absolute Gasteiger partial charge is 0.164 e. The Morgan fingerprint density at radius 2 is 1.10 bits per heavy atom. The van der Waals surface area contributed by atoms with Crippen LogP contribution in [0.5, 0.6) is 0 Å². The zero-order valence-electron chi connectivity index (χ0n) is 22.3. The van der Waals surface area contributed by atoms with Crippen LogP contribution in [0.2, 0.25) is 5.02 Å². The third-order valence-electron chi connectivity index (χ3n) is 7.57. The maximum Gasteiger partial charge on any atom is 0.164 e. The molecule has 0 atom stereocenters. The van der Waals surface area contributed by atoms with Gasteiger partial charge in [-0.2, -0.15) is 0 Å². The standard InChI is InChI=1S/C37H22ClN3O/c38-29-11-6-10-26(22-29)35-39-36(27-19-17-24-16-18-25(20-28(24)21-27)23-8-2-1-3-9-23)41-37(40-35)31-13-7-15-33-34(31)30-12-4-5-14-32(30)42-33/h1-22H. The Morgan fingerprint density at radius 3 is 1.93 bits per heavy atom. The van der Waals surface area contributed by atoms with Crippen molar-refractivity contribution in [2.45, 2.75) is 0 Å². The lowest BCUT2D eigenvalue weighted by atomic mass is 9.99. The fourth-order valence-electron chi connectivity index (χ4n) is 5.54. The molecule has 0 radical (unpaired) electrons. The summed E-state index contributed by atoms with van der Waals surface area (Å²) in [5, 5.41) is 4.89. The number of hydrogen-bond acceptors (Lipinski definition) is 4. The number of aromatic nitrogens is 3. The van der Waals surface area contributed by atoms with Crippen molar-refractivity contribution < 1.29 is 4.42 Å². The maximum absolute atomic E-state index is 6.38. The predicted molar refractivity (Wildman–Crippen MR) is 171 cm³/mol. The molecule has 0 saturated carbocycles. The molecule has 0 unspecified atom stereocenters. The highest BCUT2D eigenvalue weighted by molar-refractivity contribution is 6.30. The summed E-state index contributed by atoms with van der Waals surface area (Å²) >= 11 is 6.38. The van der Waals surface area contributed by atoms with Gasteiger partial charge in [-0.25, -0.2) is 15.0 Å². The SMILES string of the molecule is Clc1cccc(-c2nc(-c3ccc4ccc(-c5ccccc5)cc4c3)nc(-c3cccc4oc5ccccc5c34)n2)c1. The number of fused-ring (bicyclic) bond motifs is 4. The number of nitrogens with zero attached hydrogens (tertiary/aromatic N) is 3. The van der Waals surface area contributed by atoms with E-state index in [4.69, 9.17) is 31.0 Å². The van der Waals surface area contributed by atoms with Gasteiger partial charge in [0.25, 0.3) is 0 Å². The topological polar surface area (TPSA) is 51.8 Å². The van der Waals surface area contributed by atoms with E-state index in [1.54, 1.807) is 0 Å². The summed E-state index contributed by atoms with van der Waals surface area (Å²) in [5.41, 5.74) is 6.57. The Morgan fingerprint density at radius 1 is 0.452 bits per heavy atom. The van der Waals surface area contributed by atoms with E-state index in [1.807, 2.05) is 66.7 Å². The van der Waals surface area contributed by atoms with Gasteiger partial charge in [0.2, 0.25) is 0 Å². The summed E-state index contributed by atoms with van der Waals surface area (Å²) in [6.45, 7) is 0. The molecule has 4 nitrogen and oxygen atoms in total. The largest absolute Gasteiger partial charge is 0.456 e. The molecule has 0 N–H and O–H groups in total. The van der Waals surface area contributed by atoms with Gasteiger partial charge in [0.05, 0.1) is 0 Å². The predicted octanol–water partition coefficient (Wildman–Crippen LogP) is 10.2. The fraction of sp³-hybridized carbons (Fsp3) is 0. The van der Waals surface area contributed by atoms with Crippen LogP contribution in [0.4, 0.5) is 0 Å². The Balaban J connectivity index is 1.35. The molecule has 0 aliphatic heterocycles. The first-order chi connectivity index (χ1) is 20.7. The van der Waals surface area contributed by atoms with Gasteiger partial charge >= 0.3 is 0 Å². The second-order valence-electron chi connectivity index (χ2n) is 10.2. The van der Waals surface area contributed by atoms with Crippen molar-refractivity contribution in [2.75, 3.05) is 0 Å². The van der Waals surface area contributed by atoms with Crippen LogP contribution in [-0.2, 0) is 0 Å². The van der Waals surface area contributed by atoms with Gasteiger partial charge in [0.1, 0.15) is 11.2 Å². The average molecular weight is 560 g/mol. The van der Waals surface area contributed by atoms with Crippen LogP contribution >= 0.6 is 11.6 Å². The molecule has 0 saturated heterocycles. The minimum atomic E-state index is 0.556. The molecule has 198 valence electrons. The van der Waals surface area contributed by atoms with Gasteiger partial charge in [-0.15, -0.1) is 0 Å². The number of rotatable bonds is 4. The molecular formula is C37H22ClN3O. The molecule has 0 bridgehead atoms. The molecule has 0 amide bonds. The first-order valence-corrected chi connectivity index (χ1v) is 14.1. The van der Waals surface area contributed by atoms with Crippen molar-refractivity contribution in [1.82, 2.24) is 15.0 Å². The molecule has 2 aromatic heterocycles. The number of furan rings is 1. The van der Waals surface area contributed by atoms with E-state index in [-0.39, 0.29) is 0 Å². The monoisotopic (exact) mass is 559 g/mol. The zero-order chi connectivity index (χ0) is 28.0. The number of para-hydroxylation sites is 1. The van der Waals surface area contributed by atoms with E-state index >= 15 is 0 Å². The zero-order valence-corrected chi connectivity index (χ0v) is 23.1. The highest BCUT2D eigenvalue weighted by atomic mass is 35.5. The minimum Gasteiger partial charge on any atom is -0.456 e. The molecule has 0 aliphatic rings. The van der Waals surface area contributed by atoms with Crippen molar-refractivity contribution >= 4 is 44.3 Å². The van der Waals surface area contributed by atoms with Crippen LogP contribution in [0, 0.1) is 0 Å². The third kappa shape index (κ3) is 4.30. The van der Waals surface area contributed by atoms with Crippen LogP contribution < -0.4 is 0 Å². The van der Waals surface area contributed by atoms with Gasteiger partial charge in [0.15, 0.2) is 17.5 Å². The quantitative estimate of drug-likeness (QED) is 0.215. The summed E-state index contributed by atoms with van der Waals surface area (Å²) in [6, 6.07) is 44.9. The van der Waals surface area contributed by atoms with E-state index < -0.39 is 0 Å². The Hall–Kier alpha value is -5.32. The molecule has 8 rings (SSSR count). The lowest BCUT2D eigenvalue weighted by Crippen LogP contribution is -2.00. The lowest BCUT2D eigenvalue weighted by Gasteiger charge is -2.10. The maximum atomic E-state index is 6.38. The van der Waals surface area contributed by atoms with Crippen LogP contribution in [0.25, 0.3) is 78.0 Å².